The van der Waals surface area contributed by atoms with E-state index in [9.17, 15) is 24.0 Å². The van der Waals surface area contributed by atoms with Crippen molar-refractivity contribution in [2.45, 2.75) is 18.9 Å². The summed E-state index contributed by atoms with van der Waals surface area (Å²) in [6, 6.07) is 5.32. The SMILES string of the molecule is O=C(CBr)OCCN1C(=O)CCC(N2C(=O)c3ccccc3C2=O)C1=O. The summed E-state index contributed by atoms with van der Waals surface area (Å²) in [6.07, 6.45) is 0.108. The minimum atomic E-state index is -1.04. The molecule has 0 N–H and O–H groups in total. The molecule has 26 heavy (non-hydrogen) atoms. The van der Waals surface area contributed by atoms with Gasteiger partial charge in [0.25, 0.3) is 17.7 Å². The van der Waals surface area contributed by atoms with Crippen LogP contribution in [0.2, 0.25) is 0 Å². The lowest BCUT2D eigenvalue weighted by Crippen LogP contribution is -2.56. The number of ether oxygens (including phenoxy) is 1. The molecule has 1 fully saturated rings. The predicted molar refractivity (Wildman–Crippen MR) is 91.4 cm³/mol. The number of benzene rings is 1. The zero-order valence-electron chi connectivity index (χ0n) is 13.6. The first-order valence-electron chi connectivity index (χ1n) is 7.98. The second kappa shape index (κ2) is 7.36. The molecule has 1 atom stereocenters. The number of carbonyl (C=O) groups excluding carboxylic acids is 5. The van der Waals surface area contributed by atoms with Crippen molar-refractivity contribution in [2.24, 2.45) is 0 Å². The second-order valence-electron chi connectivity index (χ2n) is 5.82. The van der Waals surface area contributed by atoms with Gasteiger partial charge in [-0.15, -0.1) is 0 Å². The number of alkyl halides is 1. The van der Waals surface area contributed by atoms with Gasteiger partial charge in [-0.05, 0) is 18.6 Å². The lowest BCUT2D eigenvalue weighted by atomic mass is 10.0. The van der Waals surface area contributed by atoms with Crippen molar-refractivity contribution in [3.05, 3.63) is 35.4 Å². The summed E-state index contributed by atoms with van der Waals surface area (Å²) in [7, 11) is 0. The summed E-state index contributed by atoms with van der Waals surface area (Å²) in [4.78, 5) is 62.9. The Morgan fingerprint density at radius 1 is 1.12 bits per heavy atom. The Kier molecular flexibility index (Phi) is 5.17. The molecule has 0 saturated carbocycles. The maximum Gasteiger partial charge on any atom is 0.316 e. The highest BCUT2D eigenvalue weighted by atomic mass is 79.9. The Hall–Kier alpha value is -2.55. The Balaban J connectivity index is 1.76. The largest absolute Gasteiger partial charge is 0.463 e. The fraction of sp³-hybridized carbons (Fsp3) is 0.353. The van der Waals surface area contributed by atoms with Crippen molar-refractivity contribution in [1.29, 1.82) is 0 Å². The van der Waals surface area contributed by atoms with Crippen LogP contribution in [0.15, 0.2) is 24.3 Å². The standard InChI is InChI=1S/C17H15BrN2O6/c18-9-14(22)26-8-7-19-13(21)6-5-12(17(19)25)20-15(23)10-3-1-2-4-11(10)16(20)24/h1-4,12H,5-9H2. The molecule has 9 heteroatoms. The van der Waals surface area contributed by atoms with Crippen LogP contribution in [0.3, 0.4) is 0 Å². The molecule has 1 unspecified atom stereocenters. The van der Waals surface area contributed by atoms with Gasteiger partial charge in [0.05, 0.1) is 17.7 Å². The van der Waals surface area contributed by atoms with Gasteiger partial charge in [0.15, 0.2) is 0 Å². The molecule has 1 saturated heterocycles. The average molecular weight is 423 g/mol. The van der Waals surface area contributed by atoms with Gasteiger partial charge in [0, 0.05) is 6.42 Å². The molecule has 1 aromatic carbocycles. The van der Waals surface area contributed by atoms with E-state index >= 15 is 0 Å². The van der Waals surface area contributed by atoms with Crippen LogP contribution in [0, 0.1) is 0 Å². The van der Waals surface area contributed by atoms with E-state index in [1.165, 1.54) is 12.1 Å². The van der Waals surface area contributed by atoms with Crippen molar-refractivity contribution in [3.8, 4) is 0 Å². The van der Waals surface area contributed by atoms with Crippen molar-refractivity contribution in [3.63, 3.8) is 0 Å². The molecule has 0 bridgehead atoms. The van der Waals surface area contributed by atoms with Crippen LogP contribution in [0.25, 0.3) is 0 Å². The second-order valence-corrected chi connectivity index (χ2v) is 6.38. The molecular weight excluding hydrogens is 408 g/mol. The first kappa shape index (κ1) is 18.2. The molecule has 0 radical (unpaired) electrons. The summed E-state index contributed by atoms with van der Waals surface area (Å²) in [5.41, 5.74) is 0.500. The van der Waals surface area contributed by atoms with E-state index in [1.54, 1.807) is 12.1 Å². The van der Waals surface area contributed by atoms with E-state index in [0.717, 1.165) is 9.80 Å². The van der Waals surface area contributed by atoms with Crippen molar-refractivity contribution in [1.82, 2.24) is 9.80 Å². The van der Waals surface area contributed by atoms with E-state index in [4.69, 9.17) is 4.74 Å². The van der Waals surface area contributed by atoms with Crippen molar-refractivity contribution < 1.29 is 28.7 Å². The number of halogens is 1. The van der Waals surface area contributed by atoms with Crippen LogP contribution < -0.4 is 0 Å². The van der Waals surface area contributed by atoms with Crippen LogP contribution in [0.4, 0.5) is 0 Å². The van der Waals surface area contributed by atoms with Gasteiger partial charge in [-0.1, -0.05) is 28.1 Å². The Morgan fingerprint density at radius 3 is 2.31 bits per heavy atom. The fourth-order valence-corrected chi connectivity index (χ4v) is 3.24. The molecule has 0 spiro atoms. The molecule has 0 aromatic heterocycles. The molecule has 8 nitrogen and oxygen atoms in total. The number of imide groups is 2. The molecule has 2 heterocycles. The summed E-state index contributed by atoms with van der Waals surface area (Å²) in [5.74, 6) is -2.64. The summed E-state index contributed by atoms with van der Waals surface area (Å²) >= 11 is 2.94. The quantitative estimate of drug-likeness (QED) is 0.394. The summed E-state index contributed by atoms with van der Waals surface area (Å²) in [6.45, 7) is -0.257. The molecule has 1 aromatic rings. The highest BCUT2D eigenvalue weighted by Gasteiger charge is 2.46. The van der Waals surface area contributed by atoms with E-state index in [0.29, 0.717) is 0 Å². The molecule has 0 aliphatic carbocycles. The van der Waals surface area contributed by atoms with Gasteiger partial charge in [-0.25, -0.2) is 0 Å². The number of hydrogen-bond acceptors (Lipinski definition) is 6. The third kappa shape index (κ3) is 3.14. The van der Waals surface area contributed by atoms with Gasteiger partial charge in [0.1, 0.15) is 18.0 Å². The van der Waals surface area contributed by atoms with Crippen LogP contribution in [-0.2, 0) is 19.1 Å². The lowest BCUT2D eigenvalue weighted by molar-refractivity contribution is -0.154. The van der Waals surface area contributed by atoms with Crippen LogP contribution in [0.1, 0.15) is 33.6 Å². The highest BCUT2D eigenvalue weighted by molar-refractivity contribution is 9.09. The lowest BCUT2D eigenvalue weighted by Gasteiger charge is -2.34. The topological polar surface area (TPSA) is 101 Å². The van der Waals surface area contributed by atoms with E-state index in [1.807, 2.05) is 0 Å². The first-order valence-corrected chi connectivity index (χ1v) is 9.10. The van der Waals surface area contributed by atoms with Crippen molar-refractivity contribution >= 4 is 45.5 Å². The van der Waals surface area contributed by atoms with E-state index < -0.39 is 35.6 Å². The minimum absolute atomic E-state index is 0.00651. The molecule has 3 rings (SSSR count). The number of likely N-dealkylation sites (tertiary alicyclic amines) is 1. The smallest absolute Gasteiger partial charge is 0.316 e. The average Bonchev–Trinajstić information content (AvgIpc) is 2.89. The number of rotatable bonds is 5. The number of fused-ring (bicyclic) bond motifs is 1. The Labute approximate surface area is 157 Å². The molecule has 2 aliphatic rings. The normalized spacial score (nSPS) is 19.8. The number of hydrogen-bond donors (Lipinski definition) is 0. The molecule has 136 valence electrons. The molecule has 4 amide bonds. The number of esters is 1. The number of piperidine rings is 1. The molecular formula is C17H15BrN2O6. The van der Waals surface area contributed by atoms with E-state index in [2.05, 4.69) is 15.9 Å². The number of amides is 4. The third-order valence-electron chi connectivity index (χ3n) is 4.31. The monoisotopic (exact) mass is 422 g/mol. The van der Waals surface area contributed by atoms with E-state index in [-0.39, 0.29) is 42.5 Å². The maximum atomic E-state index is 12.7. The van der Waals surface area contributed by atoms with Gasteiger partial charge in [-0.2, -0.15) is 0 Å². The van der Waals surface area contributed by atoms with Crippen LogP contribution in [0.5, 0.6) is 0 Å². The highest BCUT2D eigenvalue weighted by Crippen LogP contribution is 2.28. The Morgan fingerprint density at radius 2 is 1.73 bits per heavy atom. The van der Waals surface area contributed by atoms with Crippen LogP contribution >= 0.6 is 15.9 Å². The third-order valence-corrected chi connectivity index (χ3v) is 4.77. The zero-order chi connectivity index (χ0) is 18.8. The number of carbonyl (C=O) groups is 5. The fourth-order valence-electron chi connectivity index (χ4n) is 3.08. The summed E-state index contributed by atoms with van der Waals surface area (Å²) in [5, 5.41) is 0.00651. The minimum Gasteiger partial charge on any atom is -0.463 e. The van der Waals surface area contributed by atoms with Gasteiger partial charge in [0.2, 0.25) is 5.91 Å². The van der Waals surface area contributed by atoms with Gasteiger partial charge < -0.3 is 4.74 Å². The number of nitrogens with zero attached hydrogens (tertiary/aromatic N) is 2. The van der Waals surface area contributed by atoms with Crippen molar-refractivity contribution in [2.75, 3.05) is 18.5 Å². The maximum absolute atomic E-state index is 12.7. The zero-order valence-corrected chi connectivity index (χ0v) is 15.2. The predicted octanol–water partition coefficient (Wildman–Crippen LogP) is 0.738. The Bertz CT molecular complexity index is 773. The van der Waals surface area contributed by atoms with Gasteiger partial charge >= 0.3 is 5.97 Å². The first-order chi connectivity index (χ1) is 12.5. The summed E-state index contributed by atoms with van der Waals surface area (Å²) < 4.78 is 4.86. The van der Waals surface area contributed by atoms with Gasteiger partial charge in [-0.3, -0.25) is 33.8 Å². The molecule has 2 aliphatic heterocycles. The van der Waals surface area contributed by atoms with Crippen LogP contribution in [-0.4, -0.2) is 63.9 Å².